The first-order valence-corrected chi connectivity index (χ1v) is 17.1. The second kappa shape index (κ2) is 11.9. The van der Waals surface area contributed by atoms with Crippen LogP contribution in [0.4, 0.5) is 0 Å². The molecule has 238 valence electrons. The molecule has 0 unspecified atom stereocenters. The Bertz CT molecular complexity index is 2840. The van der Waals surface area contributed by atoms with Gasteiger partial charge in [0.15, 0.2) is 17.5 Å². The Kier molecular flexibility index (Phi) is 6.78. The number of benzene rings is 8. The highest BCUT2D eigenvalue weighted by Gasteiger charge is 2.19. The van der Waals surface area contributed by atoms with Crippen LogP contribution in [0.25, 0.3) is 99.9 Å². The van der Waals surface area contributed by atoms with E-state index in [0.29, 0.717) is 17.5 Å². The van der Waals surface area contributed by atoms with Crippen LogP contribution in [0.3, 0.4) is 0 Å². The first-order valence-electron chi connectivity index (χ1n) is 17.1. The number of rotatable bonds is 5. The summed E-state index contributed by atoms with van der Waals surface area (Å²) in [6, 6.07) is 61.2. The molecule has 51 heavy (non-hydrogen) atoms. The van der Waals surface area contributed by atoms with Crippen molar-refractivity contribution in [3.05, 3.63) is 176 Å². The van der Waals surface area contributed by atoms with Crippen LogP contribution in [0.1, 0.15) is 0 Å². The molecule has 4 heteroatoms. The van der Waals surface area contributed by atoms with Crippen molar-refractivity contribution in [2.75, 3.05) is 0 Å². The van der Waals surface area contributed by atoms with E-state index >= 15 is 0 Å². The maximum absolute atomic E-state index is 6.23. The lowest BCUT2D eigenvalue weighted by Gasteiger charge is -2.19. The third-order valence-corrected chi connectivity index (χ3v) is 9.73. The third-order valence-electron chi connectivity index (χ3n) is 9.73. The fourth-order valence-corrected chi connectivity index (χ4v) is 7.35. The zero-order valence-electron chi connectivity index (χ0n) is 27.5. The zero-order valence-corrected chi connectivity index (χ0v) is 27.5. The van der Waals surface area contributed by atoms with Crippen molar-refractivity contribution < 1.29 is 4.42 Å². The lowest BCUT2D eigenvalue weighted by atomic mass is 9.84. The number of nitrogens with zero attached hydrogens (tertiary/aromatic N) is 3. The van der Waals surface area contributed by atoms with Gasteiger partial charge in [-0.25, -0.2) is 15.0 Å². The summed E-state index contributed by atoms with van der Waals surface area (Å²) in [7, 11) is 0. The van der Waals surface area contributed by atoms with Crippen molar-refractivity contribution in [1.82, 2.24) is 15.0 Å². The molecule has 10 rings (SSSR count). The van der Waals surface area contributed by atoms with Crippen molar-refractivity contribution in [2.45, 2.75) is 0 Å². The van der Waals surface area contributed by atoms with Gasteiger partial charge in [-0.2, -0.15) is 0 Å². The molecule has 0 aliphatic rings. The van der Waals surface area contributed by atoms with Gasteiger partial charge in [0, 0.05) is 27.5 Å². The minimum absolute atomic E-state index is 0.634. The lowest BCUT2D eigenvalue weighted by Crippen LogP contribution is -2.00. The fourth-order valence-electron chi connectivity index (χ4n) is 7.35. The van der Waals surface area contributed by atoms with Crippen LogP contribution in [-0.4, -0.2) is 15.0 Å². The molecule has 0 N–H and O–H groups in total. The number of hydrogen-bond donors (Lipinski definition) is 0. The standard InChI is InChI=1S/C47H29N3O/c1-3-13-31(14-4-1)45-48-46(32-15-5-2-6-16-32)50-47(49-45)33-25-23-30(24-26-33)43-38-20-9-7-17-35(38)36-18-8-10-21-39(36)44(43)34-27-28-42-40(29-34)37-19-11-12-22-41(37)51-42/h1-29H. The van der Waals surface area contributed by atoms with Gasteiger partial charge in [-0.1, -0.05) is 158 Å². The fraction of sp³-hybridized carbons (Fsp3) is 0. The van der Waals surface area contributed by atoms with Crippen LogP contribution < -0.4 is 0 Å². The SMILES string of the molecule is c1ccc(-c2nc(-c3ccccc3)nc(-c3ccc(-c4c(-c5ccc6oc7ccccc7c6c5)c5ccccc5c5ccccc45)cc3)n2)cc1. The molecule has 8 aromatic carbocycles. The topological polar surface area (TPSA) is 51.8 Å². The van der Waals surface area contributed by atoms with Gasteiger partial charge in [0.05, 0.1) is 0 Å². The molecule has 4 nitrogen and oxygen atoms in total. The Morgan fingerprint density at radius 2 is 0.667 bits per heavy atom. The Hall–Kier alpha value is -6.91. The van der Waals surface area contributed by atoms with E-state index in [1.54, 1.807) is 0 Å². The number of hydrogen-bond acceptors (Lipinski definition) is 4. The van der Waals surface area contributed by atoms with Crippen LogP contribution >= 0.6 is 0 Å². The Labute approximate surface area is 294 Å². The van der Waals surface area contributed by atoms with Gasteiger partial charge in [0.1, 0.15) is 11.2 Å². The minimum atomic E-state index is 0.634. The first-order chi connectivity index (χ1) is 25.3. The molecule has 2 heterocycles. The highest BCUT2D eigenvalue weighted by Crippen LogP contribution is 2.46. The van der Waals surface area contributed by atoms with E-state index in [4.69, 9.17) is 19.4 Å². The van der Waals surface area contributed by atoms with E-state index in [9.17, 15) is 0 Å². The van der Waals surface area contributed by atoms with Crippen molar-refractivity contribution in [1.29, 1.82) is 0 Å². The minimum Gasteiger partial charge on any atom is -0.456 e. The van der Waals surface area contributed by atoms with Crippen molar-refractivity contribution >= 4 is 43.5 Å². The summed E-state index contributed by atoms with van der Waals surface area (Å²) >= 11 is 0. The van der Waals surface area contributed by atoms with Gasteiger partial charge in [-0.3, -0.25) is 0 Å². The molecule has 0 bridgehead atoms. The van der Waals surface area contributed by atoms with Gasteiger partial charge in [-0.15, -0.1) is 0 Å². The summed E-state index contributed by atoms with van der Waals surface area (Å²) in [5, 5.41) is 7.09. The Balaban J connectivity index is 1.18. The largest absolute Gasteiger partial charge is 0.456 e. The first kappa shape index (κ1) is 29.0. The molecule has 0 aliphatic carbocycles. The second-order valence-electron chi connectivity index (χ2n) is 12.8. The average molecular weight is 652 g/mol. The molecule has 0 saturated heterocycles. The Morgan fingerprint density at radius 3 is 1.24 bits per heavy atom. The predicted molar refractivity (Wildman–Crippen MR) is 209 cm³/mol. The molecule has 0 aliphatic heterocycles. The van der Waals surface area contributed by atoms with E-state index in [0.717, 1.165) is 49.8 Å². The van der Waals surface area contributed by atoms with Crippen LogP contribution in [0.5, 0.6) is 0 Å². The summed E-state index contributed by atoms with van der Waals surface area (Å²) in [5.41, 5.74) is 9.26. The van der Waals surface area contributed by atoms with Crippen LogP contribution in [0.15, 0.2) is 180 Å². The highest BCUT2D eigenvalue weighted by molar-refractivity contribution is 6.22. The van der Waals surface area contributed by atoms with Gasteiger partial charge in [0.2, 0.25) is 0 Å². The lowest BCUT2D eigenvalue weighted by molar-refractivity contribution is 0.669. The molecular weight excluding hydrogens is 623 g/mol. The number of fused-ring (bicyclic) bond motifs is 6. The number of para-hydroxylation sites is 1. The summed E-state index contributed by atoms with van der Waals surface area (Å²) in [4.78, 5) is 14.8. The molecule has 0 atom stereocenters. The molecule has 0 saturated carbocycles. The highest BCUT2D eigenvalue weighted by atomic mass is 16.3. The second-order valence-corrected chi connectivity index (χ2v) is 12.8. The summed E-state index contributed by atoms with van der Waals surface area (Å²) in [6.45, 7) is 0. The van der Waals surface area contributed by atoms with Crippen molar-refractivity contribution in [3.8, 4) is 56.4 Å². The molecule has 0 radical (unpaired) electrons. The van der Waals surface area contributed by atoms with Gasteiger partial charge in [0.25, 0.3) is 0 Å². The average Bonchev–Trinajstić information content (AvgIpc) is 3.59. The summed E-state index contributed by atoms with van der Waals surface area (Å²) in [5.74, 6) is 1.93. The van der Waals surface area contributed by atoms with E-state index in [2.05, 4.69) is 103 Å². The number of furan rings is 1. The van der Waals surface area contributed by atoms with Crippen LogP contribution in [0.2, 0.25) is 0 Å². The molecule has 0 spiro atoms. The van der Waals surface area contributed by atoms with E-state index in [1.165, 1.54) is 32.7 Å². The van der Waals surface area contributed by atoms with Gasteiger partial charge < -0.3 is 4.42 Å². The normalized spacial score (nSPS) is 11.5. The predicted octanol–water partition coefficient (Wildman–Crippen LogP) is 12.4. The van der Waals surface area contributed by atoms with Crippen molar-refractivity contribution in [2.24, 2.45) is 0 Å². The van der Waals surface area contributed by atoms with Crippen LogP contribution in [-0.2, 0) is 0 Å². The zero-order chi connectivity index (χ0) is 33.7. The summed E-state index contributed by atoms with van der Waals surface area (Å²) < 4.78 is 6.23. The monoisotopic (exact) mass is 651 g/mol. The van der Waals surface area contributed by atoms with Crippen LogP contribution in [0, 0.1) is 0 Å². The molecule has 2 aromatic heterocycles. The molecule has 10 aromatic rings. The smallest absolute Gasteiger partial charge is 0.164 e. The Morgan fingerprint density at radius 1 is 0.275 bits per heavy atom. The summed E-state index contributed by atoms with van der Waals surface area (Å²) in [6.07, 6.45) is 0. The van der Waals surface area contributed by atoms with E-state index < -0.39 is 0 Å². The van der Waals surface area contributed by atoms with E-state index in [1.807, 2.05) is 72.8 Å². The van der Waals surface area contributed by atoms with Gasteiger partial charge in [-0.05, 0) is 62.0 Å². The maximum Gasteiger partial charge on any atom is 0.164 e. The van der Waals surface area contributed by atoms with Crippen molar-refractivity contribution in [3.63, 3.8) is 0 Å². The quantitative estimate of drug-likeness (QED) is 0.174. The molecular formula is C47H29N3O. The maximum atomic E-state index is 6.23. The molecule has 0 fully saturated rings. The number of aromatic nitrogens is 3. The molecule has 0 amide bonds. The van der Waals surface area contributed by atoms with E-state index in [-0.39, 0.29) is 0 Å². The third kappa shape index (κ3) is 4.96. The van der Waals surface area contributed by atoms with Gasteiger partial charge >= 0.3 is 0 Å².